The Bertz CT molecular complexity index is 662. The molecule has 5 nitrogen and oxygen atoms in total. The molecule has 1 aromatic heterocycles. The molecule has 24 heavy (non-hydrogen) atoms. The van der Waals surface area contributed by atoms with Crippen LogP contribution in [0.1, 0.15) is 41.9 Å². The number of hydrogen-bond donors (Lipinski definition) is 0. The van der Waals surface area contributed by atoms with Crippen LogP contribution in [-0.2, 0) is 11.3 Å². The lowest BCUT2D eigenvalue weighted by Gasteiger charge is -2.21. The van der Waals surface area contributed by atoms with Gasteiger partial charge in [-0.15, -0.1) is 0 Å². The van der Waals surface area contributed by atoms with E-state index >= 15 is 0 Å². The van der Waals surface area contributed by atoms with Crippen LogP contribution < -0.4 is 4.74 Å². The van der Waals surface area contributed by atoms with Crippen molar-refractivity contribution in [3.63, 3.8) is 0 Å². The summed E-state index contributed by atoms with van der Waals surface area (Å²) in [6.07, 6.45) is 3.44. The molecule has 6 heteroatoms. The van der Waals surface area contributed by atoms with E-state index in [1.54, 1.807) is 30.3 Å². The first-order valence-electron chi connectivity index (χ1n) is 8.15. The van der Waals surface area contributed by atoms with E-state index in [1.165, 1.54) is 0 Å². The van der Waals surface area contributed by atoms with Gasteiger partial charge in [0.25, 0.3) is 0 Å². The summed E-state index contributed by atoms with van der Waals surface area (Å²) in [6, 6.07) is 8.71. The number of ether oxygens (including phenoxy) is 2. The van der Waals surface area contributed by atoms with Gasteiger partial charge in [-0.1, -0.05) is 16.8 Å². The van der Waals surface area contributed by atoms with Gasteiger partial charge < -0.3 is 14.0 Å². The summed E-state index contributed by atoms with van der Waals surface area (Å²) >= 11 is 5.82. The summed E-state index contributed by atoms with van der Waals surface area (Å²) in [4.78, 5) is 12.2. The minimum Gasteiger partial charge on any atom is -0.486 e. The highest BCUT2D eigenvalue weighted by Crippen LogP contribution is 2.21. The Morgan fingerprint density at radius 3 is 2.75 bits per heavy atom. The molecule has 0 aliphatic carbocycles. The molecule has 1 saturated heterocycles. The first-order valence-corrected chi connectivity index (χ1v) is 8.53. The van der Waals surface area contributed by atoms with Gasteiger partial charge >= 0.3 is 0 Å². The molecule has 1 aromatic carbocycles. The molecular weight excluding hydrogens is 330 g/mol. The average molecular weight is 350 g/mol. The van der Waals surface area contributed by atoms with E-state index in [0.717, 1.165) is 32.5 Å². The van der Waals surface area contributed by atoms with Crippen LogP contribution in [0, 0.1) is 5.92 Å². The maximum atomic E-state index is 12.2. The first kappa shape index (κ1) is 17.0. The van der Waals surface area contributed by atoms with Gasteiger partial charge in [-0.05, 0) is 49.4 Å². The average Bonchev–Trinajstić information content (AvgIpc) is 3.09. The minimum absolute atomic E-state index is 0.0167. The fourth-order valence-electron chi connectivity index (χ4n) is 2.70. The Balaban J connectivity index is 1.47. The molecule has 128 valence electrons. The second-order valence-corrected chi connectivity index (χ2v) is 6.38. The van der Waals surface area contributed by atoms with Gasteiger partial charge in [0.05, 0.1) is 0 Å². The summed E-state index contributed by atoms with van der Waals surface area (Å²) in [5, 5.41) is 4.51. The standard InChI is InChI=1S/C18H20ClNO4/c19-14-2-4-15(5-3-14)23-12-16-11-17(20-24-16)18(21)6-1-13-7-9-22-10-8-13/h2-5,11,13H,1,6-10,12H2. The Morgan fingerprint density at radius 1 is 1.25 bits per heavy atom. The topological polar surface area (TPSA) is 61.6 Å². The van der Waals surface area contributed by atoms with Crippen molar-refractivity contribution in [3.05, 3.63) is 46.8 Å². The number of hydrogen-bond acceptors (Lipinski definition) is 5. The van der Waals surface area contributed by atoms with Crippen LogP contribution in [0.25, 0.3) is 0 Å². The smallest absolute Gasteiger partial charge is 0.184 e. The molecule has 0 amide bonds. The zero-order valence-electron chi connectivity index (χ0n) is 13.4. The first-order chi connectivity index (χ1) is 11.7. The van der Waals surface area contributed by atoms with E-state index in [2.05, 4.69) is 5.16 Å². The quantitative estimate of drug-likeness (QED) is 0.697. The van der Waals surface area contributed by atoms with Crippen molar-refractivity contribution in [3.8, 4) is 5.75 Å². The van der Waals surface area contributed by atoms with E-state index in [0.29, 0.717) is 34.6 Å². The van der Waals surface area contributed by atoms with Crippen LogP contribution in [0.3, 0.4) is 0 Å². The van der Waals surface area contributed by atoms with E-state index in [4.69, 9.17) is 25.6 Å². The third kappa shape index (κ3) is 4.82. The largest absolute Gasteiger partial charge is 0.486 e. The predicted molar refractivity (Wildman–Crippen MR) is 89.4 cm³/mol. The highest BCUT2D eigenvalue weighted by Gasteiger charge is 2.18. The zero-order valence-corrected chi connectivity index (χ0v) is 14.1. The number of benzene rings is 1. The van der Waals surface area contributed by atoms with Crippen molar-refractivity contribution in [2.45, 2.75) is 32.3 Å². The highest BCUT2D eigenvalue weighted by molar-refractivity contribution is 6.30. The molecule has 0 saturated carbocycles. The Morgan fingerprint density at radius 2 is 2.00 bits per heavy atom. The van der Waals surface area contributed by atoms with Crippen molar-refractivity contribution in [2.75, 3.05) is 13.2 Å². The Labute approximate surface area is 145 Å². The Hall–Kier alpha value is -1.85. The molecule has 0 N–H and O–H groups in total. The number of Topliss-reactive ketones (excluding diaryl/α,β-unsaturated/α-hetero) is 1. The molecule has 1 fully saturated rings. The second kappa shape index (κ2) is 8.31. The lowest BCUT2D eigenvalue weighted by atomic mass is 9.93. The number of carbonyl (C=O) groups is 1. The lowest BCUT2D eigenvalue weighted by Crippen LogP contribution is -2.16. The summed E-state index contributed by atoms with van der Waals surface area (Å²) in [5.74, 6) is 1.80. The minimum atomic E-state index is 0.0167. The number of ketones is 1. The van der Waals surface area contributed by atoms with Gasteiger partial charge in [0.15, 0.2) is 11.5 Å². The van der Waals surface area contributed by atoms with E-state index in [1.807, 2.05) is 0 Å². The third-order valence-electron chi connectivity index (χ3n) is 4.16. The zero-order chi connectivity index (χ0) is 16.8. The van der Waals surface area contributed by atoms with Gasteiger partial charge in [0.1, 0.15) is 18.1 Å². The highest BCUT2D eigenvalue weighted by atomic mass is 35.5. The summed E-state index contributed by atoms with van der Waals surface area (Å²) in [6.45, 7) is 1.83. The summed E-state index contributed by atoms with van der Waals surface area (Å²) in [7, 11) is 0. The second-order valence-electron chi connectivity index (χ2n) is 5.94. The summed E-state index contributed by atoms with van der Waals surface area (Å²) < 4.78 is 16.1. The van der Waals surface area contributed by atoms with E-state index < -0.39 is 0 Å². The van der Waals surface area contributed by atoms with Gasteiger partial charge in [-0.3, -0.25) is 4.79 Å². The summed E-state index contributed by atoms with van der Waals surface area (Å²) in [5.41, 5.74) is 0.372. The Kier molecular flexibility index (Phi) is 5.88. The molecule has 0 bridgehead atoms. The van der Waals surface area contributed by atoms with Crippen molar-refractivity contribution in [1.29, 1.82) is 0 Å². The van der Waals surface area contributed by atoms with Gasteiger partial charge in [-0.25, -0.2) is 0 Å². The van der Waals surface area contributed by atoms with Crippen LogP contribution in [0.5, 0.6) is 5.75 Å². The molecule has 2 aromatic rings. The van der Waals surface area contributed by atoms with Crippen LogP contribution in [-0.4, -0.2) is 24.2 Å². The molecule has 0 atom stereocenters. The van der Waals surface area contributed by atoms with Crippen molar-refractivity contribution < 1.29 is 18.8 Å². The van der Waals surface area contributed by atoms with Crippen molar-refractivity contribution in [1.82, 2.24) is 5.16 Å². The van der Waals surface area contributed by atoms with Gasteiger partial charge in [0.2, 0.25) is 0 Å². The van der Waals surface area contributed by atoms with Crippen molar-refractivity contribution >= 4 is 17.4 Å². The molecule has 0 spiro atoms. The molecule has 3 rings (SSSR count). The molecule has 0 radical (unpaired) electrons. The fraction of sp³-hybridized carbons (Fsp3) is 0.444. The number of rotatable bonds is 7. The van der Waals surface area contributed by atoms with E-state index in [-0.39, 0.29) is 12.4 Å². The van der Waals surface area contributed by atoms with Gasteiger partial charge in [0, 0.05) is 30.7 Å². The molecule has 1 aliphatic rings. The fourth-order valence-corrected chi connectivity index (χ4v) is 2.82. The van der Waals surface area contributed by atoms with Crippen LogP contribution in [0.4, 0.5) is 0 Å². The maximum Gasteiger partial charge on any atom is 0.184 e. The molecule has 1 aliphatic heterocycles. The lowest BCUT2D eigenvalue weighted by molar-refractivity contribution is 0.0618. The van der Waals surface area contributed by atoms with Gasteiger partial charge in [-0.2, -0.15) is 0 Å². The molecule has 2 heterocycles. The maximum absolute atomic E-state index is 12.2. The third-order valence-corrected chi connectivity index (χ3v) is 4.41. The number of nitrogens with zero attached hydrogens (tertiary/aromatic N) is 1. The van der Waals surface area contributed by atoms with Crippen molar-refractivity contribution in [2.24, 2.45) is 5.92 Å². The van der Waals surface area contributed by atoms with E-state index in [9.17, 15) is 4.79 Å². The SMILES string of the molecule is O=C(CCC1CCOCC1)c1cc(COc2ccc(Cl)cc2)on1. The van der Waals surface area contributed by atoms with Crippen LogP contribution in [0.15, 0.2) is 34.9 Å². The van der Waals surface area contributed by atoms with Crippen LogP contribution >= 0.6 is 11.6 Å². The normalized spacial score (nSPS) is 15.4. The molecule has 0 unspecified atom stereocenters. The number of carbonyl (C=O) groups excluding carboxylic acids is 1. The number of halogens is 1. The number of aromatic nitrogens is 1. The predicted octanol–water partition coefficient (Wildman–Crippen LogP) is 4.30. The van der Waals surface area contributed by atoms with Crippen LogP contribution in [0.2, 0.25) is 5.02 Å². The monoisotopic (exact) mass is 349 g/mol. The molecular formula is C18H20ClNO4.